The molecule has 45 heavy (non-hydrogen) atoms. The van der Waals surface area contributed by atoms with E-state index in [2.05, 4.69) is 72.8 Å². The van der Waals surface area contributed by atoms with E-state index in [4.69, 9.17) is 24.4 Å². The molecular formula is C40H24N4O. The first kappa shape index (κ1) is 25.3. The van der Waals surface area contributed by atoms with E-state index in [1.807, 2.05) is 72.8 Å². The fourth-order valence-electron chi connectivity index (χ4n) is 6.04. The highest BCUT2D eigenvalue weighted by atomic mass is 16.3. The van der Waals surface area contributed by atoms with Crippen molar-refractivity contribution in [1.82, 2.24) is 19.9 Å². The Balaban J connectivity index is 1.26. The Labute approximate surface area is 258 Å². The SMILES string of the molecule is c1ccc(-c2nc(-c3ccc4ccccc4c3)nc(-c3ccc4ccc5ccc6nc(-c7ccccc7)oc6c5c4c3)n2)cc1. The van der Waals surface area contributed by atoms with Gasteiger partial charge in [0.25, 0.3) is 0 Å². The third-order valence-corrected chi connectivity index (χ3v) is 8.31. The van der Waals surface area contributed by atoms with Gasteiger partial charge in [-0.3, -0.25) is 0 Å². The van der Waals surface area contributed by atoms with Crippen molar-refractivity contribution >= 4 is 43.4 Å². The maximum Gasteiger partial charge on any atom is 0.227 e. The van der Waals surface area contributed by atoms with Gasteiger partial charge in [0, 0.05) is 27.6 Å². The van der Waals surface area contributed by atoms with Crippen LogP contribution in [0.3, 0.4) is 0 Å². The minimum atomic E-state index is 0.608. The number of aromatic nitrogens is 4. The Hall–Kier alpha value is -6.20. The molecule has 210 valence electrons. The lowest BCUT2D eigenvalue weighted by atomic mass is 9.99. The molecule has 0 saturated carbocycles. The largest absolute Gasteiger partial charge is 0.435 e. The van der Waals surface area contributed by atoms with Crippen molar-refractivity contribution in [2.45, 2.75) is 0 Å². The van der Waals surface area contributed by atoms with Gasteiger partial charge >= 0.3 is 0 Å². The van der Waals surface area contributed by atoms with Gasteiger partial charge in [0.1, 0.15) is 5.52 Å². The molecule has 0 spiro atoms. The first-order valence-corrected chi connectivity index (χ1v) is 14.9. The second-order valence-electron chi connectivity index (χ2n) is 11.1. The summed E-state index contributed by atoms with van der Waals surface area (Å²) in [5, 5.41) is 6.58. The van der Waals surface area contributed by atoms with E-state index in [9.17, 15) is 0 Å². The Morgan fingerprint density at radius 2 is 0.933 bits per heavy atom. The van der Waals surface area contributed by atoms with Crippen LogP contribution in [0.15, 0.2) is 150 Å². The van der Waals surface area contributed by atoms with Crippen LogP contribution in [-0.2, 0) is 0 Å². The van der Waals surface area contributed by atoms with Crippen LogP contribution in [0.25, 0.3) is 89.0 Å². The number of nitrogens with zero attached hydrogens (tertiary/aromatic N) is 4. The maximum atomic E-state index is 6.46. The third-order valence-electron chi connectivity index (χ3n) is 8.31. The molecule has 0 fully saturated rings. The molecule has 0 unspecified atom stereocenters. The summed E-state index contributed by atoms with van der Waals surface area (Å²) in [6.07, 6.45) is 0. The van der Waals surface area contributed by atoms with Crippen LogP contribution in [0.5, 0.6) is 0 Å². The minimum absolute atomic E-state index is 0.608. The lowest BCUT2D eigenvalue weighted by Crippen LogP contribution is -2.00. The fraction of sp³-hybridized carbons (Fsp3) is 0. The van der Waals surface area contributed by atoms with Gasteiger partial charge in [-0.15, -0.1) is 0 Å². The van der Waals surface area contributed by atoms with Crippen LogP contribution in [-0.4, -0.2) is 19.9 Å². The summed E-state index contributed by atoms with van der Waals surface area (Å²) < 4.78 is 6.46. The highest BCUT2D eigenvalue weighted by Crippen LogP contribution is 2.37. The highest BCUT2D eigenvalue weighted by molar-refractivity contribution is 6.18. The highest BCUT2D eigenvalue weighted by Gasteiger charge is 2.16. The molecule has 0 N–H and O–H groups in total. The van der Waals surface area contributed by atoms with Crippen molar-refractivity contribution in [3.8, 4) is 45.6 Å². The van der Waals surface area contributed by atoms with Crippen LogP contribution in [0.2, 0.25) is 0 Å². The van der Waals surface area contributed by atoms with Gasteiger partial charge < -0.3 is 4.42 Å². The summed E-state index contributed by atoms with van der Waals surface area (Å²) in [4.78, 5) is 19.8. The Morgan fingerprint density at radius 3 is 1.69 bits per heavy atom. The van der Waals surface area contributed by atoms with E-state index in [0.29, 0.717) is 23.4 Å². The Kier molecular flexibility index (Phi) is 5.74. The van der Waals surface area contributed by atoms with Gasteiger partial charge in [0.15, 0.2) is 23.1 Å². The first-order chi connectivity index (χ1) is 22.3. The normalized spacial score (nSPS) is 11.6. The van der Waals surface area contributed by atoms with Crippen molar-refractivity contribution in [2.24, 2.45) is 0 Å². The molecule has 0 bridgehead atoms. The molecule has 0 aliphatic heterocycles. The minimum Gasteiger partial charge on any atom is -0.435 e. The topological polar surface area (TPSA) is 64.7 Å². The average molecular weight is 577 g/mol. The van der Waals surface area contributed by atoms with Gasteiger partial charge in [0.2, 0.25) is 5.89 Å². The number of oxazole rings is 1. The number of benzene rings is 7. The molecule has 9 aromatic rings. The van der Waals surface area contributed by atoms with Crippen LogP contribution < -0.4 is 0 Å². The molecule has 0 aliphatic carbocycles. The lowest BCUT2D eigenvalue weighted by Gasteiger charge is -2.10. The van der Waals surface area contributed by atoms with Crippen molar-refractivity contribution in [2.75, 3.05) is 0 Å². The molecule has 5 nitrogen and oxygen atoms in total. The van der Waals surface area contributed by atoms with Gasteiger partial charge in [-0.05, 0) is 57.3 Å². The maximum absolute atomic E-state index is 6.46. The lowest BCUT2D eigenvalue weighted by molar-refractivity contribution is 0.623. The molecule has 0 radical (unpaired) electrons. The second-order valence-corrected chi connectivity index (χ2v) is 11.1. The third kappa shape index (κ3) is 4.41. The molecule has 2 heterocycles. The number of rotatable bonds is 4. The van der Waals surface area contributed by atoms with Gasteiger partial charge in [-0.2, -0.15) is 0 Å². The van der Waals surface area contributed by atoms with Crippen LogP contribution in [0.1, 0.15) is 0 Å². The molecule has 0 aliphatic rings. The van der Waals surface area contributed by atoms with Crippen molar-refractivity contribution in [1.29, 1.82) is 0 Å². The van der Waals surface area contributed by atoms with Crippen molar-refractivity contribution < 1.29 is 4.42 Å². The summed E-state index contributed by atoms with van der Waals surface area (Å²) in [6.45, 7) is 0. The van der Waals surface area contributed by atoms with Crippen LogP contribution in [0, 0.1) is 0 Å². The van der Waals surface area contributed by atoms with E-state index >= 15 is 0 Å². The second kappa shape index (κ2) is 10.2. The summed E-state index contributed by atoms with van der Waals surface area (Å²) in [5.74, 6) is 2.48. The standard InChI is InChI=1S/C40H24N4O/c1-3-10-28(11-4-1)37-42-38(31-19-15-25-9-7-8-14-30(25)23-31)44-39(43-37)32-20-17-26-16-18-27-21-22-34-36(35(27)33(26)24-32)45-40(41-34)29-12-5-2-6-13-29/h1-24H. The zero-order chi connectivity index (χ0) is 29.7. The number of hydrogen-bond donors (Lipinski definition) is 0. The average Bonchev–Trinajstić information content (AvgIpc) is 3.56. The first-order valence-electron chi connectivity index (χ1n) is 14.9. The van der Waals surface area contributed by atoms with E-state index < -0.39 is 0 Å². The molecule has 0 amide bonds. The number of hydrogen-bond acceptors (Lipinski definition) is 5. The Bertz CT molecular complexity index is 2540. The van der Waals surface area contributed by atoms with Crippen molar-refractivity contribution in [3.05, 3.63) is 146 Å². The van der Waals surface area contributed by atoms with Gasteiger partial charge in [-0.25, -0.2) is 19.9 Å². The quantitative estimate of drug-likeness (QED) is 0.195. The van der Waals surface area contributed by atoms with Gasteiger partial charge in [-0.1, -0.05) is 115 Å². The van der Waals surface area contributed by atoms with Crippen LogP contribution in [0.4, 0.5) is 0 Å². The van der Waals surface area contributed by atoms with Crippen LogP contribution >= 0.6 is 0 Å². The zero-order valence-electron chi connectivity index (χ0n) is 24.1. The van der Waals surface area contributed by atoms with Crippen molar-refractivity contribution in [3.63, 3.8) is 0 Å². The molecule has 2 aromatic heterocycles. The zero-order valence-corrected chi connectivity index (χ0v) is 24.1. The predicted octanol–water partition coefficient (Wildman–Crippen LogP) is 10.1. The smallest absolute Gasteiger partial charge is 0.227 e. The molecular weight excluding hydrogens is 552 g/mol. The van der Waals surface area contributed by atoms with E-state index in [1.54, 1.807) is 0 Å². The summed E-state index contributed by atoms with van der Waals surface area (Å²) in [5.41, 5.74) is 5.32. The van der Waals surface area contributed by atoms with Gasteiger partial charge in [0.05, 0.1) is 0 Å². The predicted molar refractivity (Wildman–Crippen MR) is 182 cm³/mol. The monoisotopic (exact) mass is 576 g/mol. The molecule has 9 rings (SSSR count). The molecule has 0 atom stereocenters. The summed E-state index contributed by atoms with van der Waals surface area (Å²) >= 11 is 0. The molecule has 0 saturated heterocycles. The van der Waals surface area contributed by atoms with E-state index in [1.165, 1.54) is 5.39 Å². The summed E-state index contributed by atoms with van der Waals surface area (Å²) in [7, 11) is 0. The van der Waals surface area contributed by atoms with E-state index in [0.717, 1.165) is 60.3 Å². The molecule has 7 aromatic carbocycles. The fourth-order valence-corrected chi connectivity index (χ4v) is 6.04. The Morgan fingerprint density at radius 1 is 0.378 bits per heavy atom. The van der Waals surface area contributed by atoms with E-state index in [-0.39, 0.29) is 0 Å². The summed E-state index contributed by atoms with van der Waals surface area (Å²) in [6, 6.07) is 49.5. The number of fused-ring (bicyclic) bond motifs is 6. The molecule has 5 heteroatoms.